The number of hydrogen-bond donors (Lipinski definition) is 1. The highest BCUT2D eigenvalue weighted by Gasteiger charge is 2.13. The van der Waals surface area contributed by atoms with Crippen LogP contribution in [0.25, 0.3) is 0 Å². The number of hydrazone groups is 1. The Labute approximate surface area is 197 Å². The van der Waals surface area contributed by atoms with Crippen LogP contribution in [0.3, 0.4) is 0 Å². The van der Waals surface area contributed by atoms with Crippen LogP contribution in [0, 0.1) is 5.82 Å². The summed E-state index contributed by atoms with van der Waals surface area (Å²) in [5.41, 5.74) is 3.64. The van der Waals surface area contributed by atoms with Gasteiger partial charge >= 0.3 is 5.97 Å². The number of ether oxygens (including phenoxy) is 3. The molecule has 0 aliphatic rings. The summed E-state index contributed by atoms with van der Waals surface area (Å²) in [6, 6.07) is 16.7. The van der Waals surface area contributed by atoms with E-state index in [1.165, 1.54) is 30.5 Å². The molecule has 0 saturated carbocycles. The van der Waals surface area contributed by atoms with Crippen molar-refractivity contribution in [3.05, 3.63) is 89.2 Å². The zero-order valence-corrected chi connectivity index (χ0v) is 18.9. The van der Waals surface area contributed by atoms with Crippen molar-refractivity contribution in [2.45, 2.75) is 20.3 Å². The highest BCUT2D eigenvalue weighted by Crippen LogP contribution is 2.29. The molecule has 7 nitrogen and oxygen atoms in total. The van der Waals surface area contributed by atoms with Crippen molar-refractivity contribution in [1.29, 1.82) is 0 Å². The Hall–Kier alpha value is -4.20. The Morgan fingerprint density at radius 1 is 0.912 bits per heavy atom. The van der Waals surface area contributed by atoms with Crippen molar-refractivity contribution in [1.82, 2.24) is 5.43 Å². The molecule has 0 bridgehead atoms. The van der Waals surface area contributed by atoms with Gasteiger partial charge in [0.1, 0.15) is 11.6 Å². The van der Waals surface area contributed by atoms with E-state index in [1.54, 1.807) is 42.5 Å². The number of carbonyl (C=O) groups excluding carboxylic acids is 2. The van der Waals surface area contributed by atoms with E-state index in [4.69, 9.17) is 14.2 Å². The number of amides is 1. The van der Waals surface area contributed by atoms with Crippen LogP contribution in [0.15, 0.2) is 71.8 Å². The van der Waals surface area contributed by atoms with Crippen LogP contribution in [0.1, 0.15) is 46.5 Å². The van der Waals surface area contributed by atoms with Gasteiger partial charge in [0, 0.05) is 5.56 Å². The second-order valence-electron chi connectivity index (χ2n) is 7.11. The summed E-state index contributed by atoms with van der Waals surface area (Å²) in [6.45, 7) is 4.79. The maximum Gasteiger partial charge on any atom is 0.343 e. The molecule has 3 rings (SSSR count). The fourth-order valence-corrected chi connectivity index (χ4v) is 2.85. The molecule has 176 valence electrons. The van der Waals surface area contributed by atoms with Crippen LogP contribution in [0.5, 0.6) is 17.2 Å². The normalized spacial score (nSPS) is 10.7. The molecule has 0 unspecified atom stereocenters. The third-order valence-corrected chi connectivity index (χ3v) is 4.52. The lowest BCUT2D eigenvalue weighted by Gasteiger charge is -2.12. The molecule has 8 heteroatoms. The Bertz CT molecular complexity index is 1140. The molecule has 0 radical (unpaired) electrons. The third kappa shape index (κ3) is 6.90. The zero-order valence-electron chi connectivity index (χ0n) is 18.9. The topological polar surface area (TPSA) is 86.2 Å². The van der Waals surface area contributed by atoms with Crippen molar-refractivity contribution >= 4 is 18.1 Å². The molecule has 1 N–H and O–H groups in total. The molecule has 0 fully saturated rings. The maximum absolute atomic E-state index is 13.0. The first-order valence-corrected chi connectivity index (χ1v) is 10.8. The molecule has 0 heterocycles. The molecule has 3 aromatic carbocycles. The number of rotatable bonds is 10. The minimum atomic E-state index is -0.532. The van der Waals surface area contributed by atoms with E-state index in [-0.39, 0.29) is 11.3 Å². The predicted octanol–water partition coefficient (Wildman–Crippen LogP) is 5.00. The molecule has 3 aromatic rings. The van der Waals surface area contributed by atoms with Crippen molar-refractivity contribution in [3.63, 3.8) is 0 Å². The van der Waals surface area contributed by atoms with Gasteiger partial charge in [-0.3, -0.25) is 4.79 Å². The first-order valence-electron chi connectivity index (χ1n) is 10.8. The highest BCUT2D eigenvalue weighted by atomic mass is 19.1. The third-order valence-electron chi connectivity index (χ3n) is 4.52. The standard InChI is InChI=1S/C26H25FN2O5/c1-3-15-33-22-12-8-20(9-13-22)26(31)34-23-14-5-18(16-24(23)32-4-2)17-28-29-25(30)19-6-10-21(27)11-7-19/h5-14,16-17H,3-4,15H2,1-2H3,(H,29,30)/b28-17-. The first-order chi connectivity index (χ1) is 16.5. The predicted molar refractivity (Wildman–Crippen MR) is 126 cm³/mol. The van der Waals surface area contributed by atoms with E-state index in [0.29, 0.717) is 35.8 Å². The second kappa shape index (κ2) is 12.2. The number of esters is 1. The lowest BCUT2D eigenvalue weighted by atomic mass is 10.2. The maximum atomic E-state index is 13.0. The number of halogens is 1. The molecule has 34 heavy (non-hydrogen) atoms. The first kappa shape index (κ1) is 24.4. The van der Waals surface area contributed by atoms with Gasteiger partial charge in [0.25, 0.3) is 5.91 Å². The monoisotopic (exact) mass is 464 g/mol. The largest absolute Gasteiger partial charge is 0.494 e. The molecule has 0 atom stereocenters. The molecule has 0 aliphatic carbocycles. The number of nitrogens with zero attached hydrogens (tertiary/aromatic N) is 1. The molecular formula is C26H25FN2O5. The van der Waals surface area contributed by atoms with Gasteiger partial charge in [-0.25, -0.2) is 14.6 Å². The van der Waals surface area contributed by atoms with Crippen LogP contribution < -0.4 is 19.6 Å². The fraction of sp³-hybridized carbons (Fsp3) is 0.192. The van der Waals surface area contributed by atoms with Gasteiger partial charge in [-0.15, -0.1) is 0 Å². The highest BCUT2D eigenvalue weighted by molar-refractivity contribution is 5.95. The second-order valence-corrected chi connectivity index (χ2v) is 7.11. The van der Waals surface area contributed by atoms with Gasteiger partial charge in [0.05, 0.1) is 25.0 Å². The summed E-state index contributed by atoms with van der Waals surface area (Å²) >= 11 is 0. The van der Waals surface area contributed by atoms with Crippen LogP contribution in [0.2, 0.25) is 0 Å². The number of carbonyl (C=O) groups is 2. The average Bonchev–Trinajstić information content (AvgIpc) is 2.85. The van der Waals surface area contributed by atoms with E-state index in [1.807, 2.05) is 13.8 Å². The minimum absolute atomic E-state index is 0.255. The van der Waals surface area contributed by atoms with Crippen LogP contribution in [-0.4, -0.2) is 31.3 Å². The average molecular weight is 464 g/mol. The lowest BCUT2D eigenvalue weighted by molar-refractivity contribution is 0.0728. The Morgan fingerprint density at radius 2 is 1.62 bits per heavy atom. The molecule has 0 aromatic heterocycles. The quantitative estimate of drug-likeness (QED) is 0.198. The number of benzene rings is 3. The number of nitrogens with one attached hydrogen (secondary N) is 1. The molecule has 0 spiro atoms. The van der Waals surface area contributed by atoms with Gasteiger partial charge in [-0.2, -0.15) is 5.10 Å². The zero-order chi connectivity index (χ0) is 24.3. The van der Waals surface area contributed by atoms with Crippen LogP contribution >= 0.6 is 0 Å². The van der Waals surface area contributed by atoms with Gasteiger partial charge in [0.2, 0.25) is 0 Å². The van der Waals surface area contributed by atoms with Crippen molar-refractivity contribution in [2.75, 3.05) is 13.2 Å². The summed E-state index contributed by atoms with van der Waals surface area (Å²) in [5.74, 6) is -0.141. The molecule has 0 saturated heterocycles. The molecule has 1 amide bonds. The van der Waals surface area contributed by atoms with Gasteiger partial charge in [-0.1, -0.05) is 6.92 Å². The Balaban J connectivity index is 1.66. The summed E-state index contributed by atoms with van der Waals surface area (Å²) in [6.07, 6.45) is 2.32. The van der Waals surface area contributed by atoms with E-state index >= 15 is 0 Å². The van der Waals surface area contributed by atoms with Crippen LogP contribution in [-0.2, 0) is 0 Å². The summed E-state index contributed by atoms with van der Waals surface area (Å²) < 4.78 is 29.6. The minimum Gasteiger partial charge on any atom is -0.494 e. The molecular weight excluding hydrogens is 439 g/mol. The van der Waals surface area contributed by atoms with Crippen LogP contribution in [0.4, 0.5) is 4.39 Å². The van der Waals surface area contributed by atoms with Crippen molar-refractivity contribution in [3.8, 4) is 17.2 Å². The van der Waals surface area contributed by atoms with Gasteiger partial charge in [0.15, 0.2) is 11.5 Å². The van der Waals surface area contributed by atoms with Gasteiger partial charge < -0.3 is 14.2 Å². The summed E-state index contributed by atoms with van der Waals surface area (Å²) in [5, 5.41) is 3.92. The smallest absolute Gasteiger partial charge is 0.343 e. The van der Waals surface area contributed by atoms with Crippen molar-refractivity contribution < 1.29 is 28.2 Å². The van der Waals surface area contributed by atoms with Gasteiger partial charge in [-0.05, 0) is 85.6 Å². The summed E-state index contributed by atoms with van der Waals surface area (Å²) in [7, 11) is 0. The lowest BCUT2D eigenvalue weighted by Crippen LogP contribution is -2.17. The SMILES string of the molecule is CCCOc1ccc(C(=O)Oc2ccc(/C=N\NC(=O)c3ccc(F)cc3)cc2OCC)cc1. The Morgan fingerprint density at radius 3 is 2.29 bits per heavy atom. The fourth-order valence-electron chi connectivity index (χ4n) is 2.85. The van der Waals surface area contributed by atoms with Crippen molar-refractivity contribution in [2.24, 2.45) is 5.10 Å². The van der Waals surface area contributed by atoms with E-state index < -0.39 is 17.7 Å². The Kier molecular flexibility index (Phi) is 8.73. The van der Waals surface area contributed by atoms with E-state index in [0.717, 1.165) is 6.42 Å². The summed E-state index contributed by atoms with van der Waals surface area (Å²) in [4.78, 5) is 24.6. The molecule has 0 aliphatic heterocycles. The van der Waals surface area contributed by atoms with E-state index in [9.17, 15) is 14.0 Å². The van der Waals surface area contributed by atoms with E-state index in [2.05, 4.69) is 10.5 Å². The number of hydrogen-bond acceptors (Lipinski definition) is 6.